The number of hydrogen-bond acceptors (Lipinski definition) is 6. The number of carbonyl (C=O) groups excluding carboxylic acids is 1. The Hall–Kier alpha value is -1.95. The van der Waals surface area contributed by atoms with Crippen LogP contribution in [0.5, 0.6) is 0 Å². The predicted molar refractivity (Wildman–Crippen MR) is 73.0 cm³/mol. The number of hydrogen-bond donors (Lipinski definition) is 1. The molecule has 2 aromatic rings. The van der Waals surface area contributed by atoms with E-state index in [0.29, 0.717) is 11.4 Å². The molecular weight excluding hydrogens is 264 g/mol. The van der Waals surface area contributed by atoms with Gasteiger partial charge in [0.05, 0.1) is 18.0 Å². The van der Waals surface area contributed by atoms with Crippen LogP contribution in [0.15, 0.2) is 39.9 Å². The van der Waals surface area contributed by atoms with E-state index in [0.717, 1.165) is 5.03 Å². The molecule has 5 nitrogen and oxygen atoms in total. The zero-order valence-electron chi connectivity index (χ0n) is 10.6. The Labute approximate surface area is 115 Å². The number of nitrogen functional groups attached to an aromatic ring is 1. The minimum absolute atomic E-state index is 0.00407. The van der Waals surface area contributed by atoms with Crippen LogP contribution in [0.4, 0.5) is 5.69 Å². The molecule has 0 aliphatic rings. The number of nitrogens with zero attached hydrogens (tertiary/aromatic N) is 1. The first-order valence-corrected chi connectivity index (χ1v) is 6.55. The molecule has 0 fully saturated rings. The largest absolute Gasteiger partial charge is 0.463 e. The standard InChI is InChI=1S/C13H14N2O3S/c1-8(19-12-9(14)4-3-7-15-12)10-5-6-11(18-10)13(16)17-2/h3-8H,14H2,1-2H3. The van der Waals surface area contributed by atoms with Crippen molar-refractivity contribution in [2.24, 2.45) is 0 Å². The van der Waals surface area contributed by atoms with Crippen molar-refractivity contribution in [1.82, 2.24) is 4.98 Å². The summed E-state index contributed by atoms with van der Waals surface area (Å²) in [6.45, 7) is 1.96. The fraction of sp³-hybridized carbons (Fsp3) is 0.231. The first-order valence-electron chi connectivity index (χ1n) is 5.67. The van der Waals surface area contributed by atoms with Gasteiger partial charge in [-0.15, -0.1) is 0 Å². The molecule has 0 aliphatic heterocycles. The van der Waals surface area contributed by atoms with Crippen LogP contribution in [-0.2, 0) is 4.74 Å². The van der Waals surface area contributed by atoms with E-state index in [-0.39, 0.29) is 11.0 Å². The van der Waals surface area contributed by atoms with Gasteiger partial charge in [-0.25, -0.2) is 9.78 Å². The maximum Gasteiger partial charge on any atom is 0.373 e. The molecule has 0 radical (unpaired) electrons. The number of ether oxygens (including phenoxy) is 1. The second-order valence-corrected chi connectivity index (χ2v) is 5.18. The van der Waals surface area contributed by atoms with Crippen LogP contribution in [-0.4, -0.2) is 18.1 Å². The topological polar surface area (TPSA) is 78.3 Å². The van der Waals surface area contributed by atoms with Gasteiger partial charge in [0.15, 0.2) is 0 Å². The average molecular weight is 278 g/mol. The predicted octanol–water partition coefficient (Wildman–Crippen LogP) is 2.90. The van der Waals surface area contributed by atoms with E-state index in [1.165, 1.54) is 18.9 Å². The highest BCUT2D eigenvalue weighted by atomic mass is 32.2. The van der Waals surface area contributed by atoms with Gasteiger partial charge in [0.1, 0.15) is 10.8 Å². The van der Waals surface area contributed by atoms with E-state index in [4.69, 9.17) is 10.2 Å². The van der Waals surface area contributed by atoms with Gasteiger partial charge in [-0.1, -0.05) is 11.8 Å². The average Bonchev–Trinajstić information content (AvgIpc) is 2.90. The van der Waals surface area contributed by atoms with E-state index in [9.17, 15) is 4.79 Å². The lowest BCUT2D eigenvalue weighted by atomic mass is 10.3. The number of anilines is 1. The van der Waals surface area contributed by atoms with Crippen LogP contribution in [0, 0.1) is 0 Å². The molecule has 0 saturated heterocycles. The van der Waals surface area contributed by atoms with E-state index in [2.05, 4.69) is 9.72 Å². The SMILES string of the molecule is COC(=O)c1ccc(C(C)Sc2ncccc2N)o1. The van der Waals surface area contributed by atoms with Gasteiger partial charge in [0.2, 0.25) is 5.76 Å². The lowest BCUT2D eigenvalue weighted by molar-refractivity contribution is 0.0563. The summed E-state index contributed by atoms with van der Waals surface area (Å²) >= 11 is 1.47. The summed E-state index contributed by atoms with van der Waals surface area (Å²) in [5.74, 6) is 0.384. The number of pyridine rings is 1. The van der Waals surface area contributed by atoms with Crippen LogP contribution in [0.25, 0.3) is 0 Å². The third-order valence-electron chi connectivity index (χ3n) is 2.50. The van der Waals surface area contributed by atoms with Crippen LogP contribution < -0.4 is 5.73 Å². The quantitative estimate of drug-likeness (QED) is 0.684. The zero-order chi connectivity index (χ0) is 13.8. The van der Waals surface area contributed by atoms with Crippen LogP contribution in [0.3, 0.4) is 0 Å². The normalized spacial score (nSPS) is 12.1. The van der Waals surface area contributed by atoms with Crippen molar-refractivity contribution in [1.29, 1.82) is 0 Å². The van der Waals surface area contributed by atoms with Crippen molar-refractivity contribution in [2.75, 3.05) is 12.8 Å². The molecule has 2 N–H and O–H groups in total. The van der Waals surface area contributed by atoms with Crippen molar-refractivity contribution < 1.29 is 13.9 Å². The molecular formula is C13H14N2O3S. The van der Waals surface area contributed by atoms with Crippen molar-refractivity contribution in [3.8, 4) is 0 Å². The molecule has 100 valence electrons. The van der Waals surface area contributed by atoms with Crippen LogP contribution in [0.2, 0.25) is 0 Å². The lowest BCUT2D eigenvalue weighted by Crippen LogP contribution is -1.98. The van der Waals surface area contributed by atoms with Gasteiger partial charge < -0.3 is 14.9 Å². The number of rotatable bonds is 4. The Bertz CT molecular complexity index is 583. The first-order chi connectivity index (χ1) is 9.11. The Balaban J connectivity index is 2.12. The highest BCUT2D eigenvalue weighted by molar-refractivity contribution is 7.99. The maximum atomic E-state index is 11.3. The summed E-state index contributed by atoms with van der Waals surface area (Å²) in [7, 11) is 1.32. The summed E-state index contributed by atoms with van der Waals surface area (Å²) in [6, 6.07) is 6.93. The Morgan fingerprint density at radius 2 is 2.26 bits per heavy atom. The fourth-order valence-electron chi connectivity index (χ4n) is 1.51. The molecule has 6 heteroatoms. The minimum atomic E-state index is -0.485. The first kappa shape index (κ1) is 13.5. The van der Waals surface area contributed by atoms with E-state index in [1.54, 1.807) is 30.5 Å². The molecule has 2 heterocycles. The molecule has 2 rings (SSSR count). The third kappa shape index (κ3) is 3.08. The summed E-state index contributed by atoms with van der Waals surface area (Å²) in [6.07, 6.45) is 1.69. The molecule has 2 aromatic heterocycles. The van der Waals surface area contributed by atoms with Crippen LogP contribution >= 0.6 is 11.8 Å². The highest BCUT2D eigenvalue weighted by Crippen LogP contribution is 2.36. The van der Waals surface area contributed by atoms with Crippen molar-refractivity contribution in [3.05, 3.63) is 42.0 Å². The molecule has 0 bridgehead atoms. The molecule has 0 saturated carbocycles. The molecule has 19 heavy (non-hydrogen) atoms. The monoisotopic (exact) mass is 278 g/mol. The van der Waals surface area contributed by atoms with E-state index in [1.807, 2.05) is 6.92 Å². The van der Waals surface area contributed by atoms with E-state index < -0.39 is 5.97 Å². The number of furan rings is 1. The molecule has 0 aromatic carbocycles. The van der Waals surface area contributed by atoms with Gasteiger partial charge >= 0.3 is 5.97 Å². The van der Waals surface area contributed by atoms with Crippen LogP contribution in [0.1, 0.15) is 28.5 Å². The lowest BCUT2D eigenvalue weighted by Gasteiger charge is -2.09. The molecule has 1 atom stereocenters. The Morgan fingerprint density at radius 3 is 2.95 bits per heavy atom. The summed E-state index contributed by atoms with van der Waals surface area (Å²) in [4.78, 5) is 15.5. The molecule has 0 aliphatic carbocycles. The second kappa shape index (κ2) is 5.79. The Kier molecular flexibility index (Phi) is 4.11. The van der Waals surface area contributed by atoms with Crippen molar-refractivity contribution in [3.63, 3.8) is 0 Å². The smallest absolute Gasteiger partial charge is 0.373 e. The minimum Gasteiger partial charge on any atom is -0.463 e. The number of nitrogens with two attached hydrogens (primary N) is 1. The van der Waals surface area contributed by atoms with Gasteiger partial charge in [-0.05, 0) is 31.2 Å². The Morgan fingerprint density at radius 1 is 1.47 bits per heavy atom. The summed E-state index contributed by atoms with van der Waals surface area (Å²) < 4.78 is 10.0. The summed E-state index contributed by atoms with van der Waals surface area (Å²) in [5, 5.41) is 0.738. The molecule has 1 unspecified atom stereocenters. The number of carbonyl (C=O) groups is 1. The van der Waals surface area contributed by atoms with Gasteiger partial charge in [0, 0.05) is 6.20 Å². The van der Waals surface area contributed by atoms with Gasteiger partial charge in [-0.3, -0.25) is 0 Å². The van der Waals surface area contributed by atoms with Gasteiger partial charge in [0.25, 0.3) is 0 Å². The van der Waals surface area contributed by atoms with Crippen molar-refractivity contribution in [2.45, 2.75) is 17.2 Å². The molecule has 0 spiro atoms. The number of thioether (sulfide) groups is 1. The fourth-order valence-corrected chi connectivity index (χ4v) is 2.41. The van der Waals surface area contributed by atoms with Gasteiger partial charge in [-0.2, -0.15) is 0 Å². The van der Waals surface area contributed by atoms with E-state index >= 15 is 0 Å². The summed E-state index contributed by atoms with van der Waals surface area (Å²) in [5.41, 5.74) is 6.46. The zero-order valence-corrected chi connectivity index (χ0v) is 11.4. The maximum absolute atomic E-state index is 11.3. The molecule has 0 amide bonds. The number of aromatic nitrogens is 1. The highest BCUT2D eigenvalue weighted by Gasteiger charge is 2.17. The second-order valence-electron chi connectivity index (χ2n) is 3.85. The number of methoxy groups -OCH3 is 1. The number of esters is 1. The third-order valence-corrected chi connectivity index (χ3v) is 3.65. The van der Waals surface area contributed by atoms with Crippen molar-refractivity contribution >= 4 is 23.4 Å².